The van der Waals surface area contributed by atoms with Crippen LogP contribution in [0, 0.1) is 3.57 Å². The van der Waals surface area contributed by atoms with Gasteiger partial charge in [-0.25, -0.2) is 0 Å². The lowest BCUT2D eigenvalue weighted by Gasteiger charge is -2.09. The van der Waals surface area contributed by atoms with Crippen molar-refractivity contribution in [2.75, 3.05) is 0 Å². The van der Waals surface area contributed by atoms with E-state index in [-0.39, 0.29) is 0 Å². The molecule has 0 aliphatic carbocycles. The van der Waals surface area contributed by atoms with Gasteiger partial charge in [0.05, 0.1) is 0 Å². The first kappa shape index (κ1) is 14.5. The molecule has 0 aromatic heterocycles. The molecule has 4 aromatic rings. The second-order valence-corrected chi connectivity index (χ2v) is 6.78. The van der Waals surface area contributed by atoms with Gasteiger partial charge in [-0.3, -0.25) is 0 Å². The van der Waals surface area contributed by atoms with Crippen molar-refractivity contribution < 1.29 is 0 Å². The number of hydrogen-bond acceptors (Lipinski definition) is 0. The van der Waals surface area contributed by atoms with Crippen LogP contribution >= 0.6 is 22.6 Å². The van der Waals surface area contributed by atoms with Gasteiger partial charge in [0.1, 0.15) is 0 Å². The van der Waals surface area contributed by atoms with Crippen LogP contribution in [0.1, 0.15) is 0 Å². The highest BCUT2D eigenvalue weighted by molar-refractivity contribution is 14.1. The Labute approximate surface area is 149 Å². The molecule has 0 unspecified atom stereocenters. The van der Waals surface area contributed by atoms with Crippen LogP contribution in [-0.4, -0.2) is 0 Å². The Balaban J connectivity index is 1.85. The summed E-state index contributed by atoms with van der Waals surface area (Å²) in [6, 6.07) is 32.5. The zero-order valence-electron chi connectivity index (χ0n) is 12.5. The Bertz CT molecular complexity index is 971. The highest BCUT2D eigenvalue weighted by Gasteiger charge is 2.06. The fourth-order valence-electron chi connectivity index (χ4n) is 2.91. The average Bonchev–Trinajstić information content (AvgIpc) is 2.62. The first-order chi connectivity index (χ1) is 11.3. The summed E-state index contributed by atoms with van der Waals surface area (Å²) in [6.45, 7) is 0. The molecule has 110 valence electrons. The van der Waals surface area contributed by atoms with Crippen LogP contribution in [0.5, 0.6) is 0 Å². The molecule has 23 heavy (non-hydrogen) atoms. The third-order valence-corrected chi connectivity index (χ3v) is 5.07. The van der Waals surface area contributed by atoms with Crippen LogP contribution in [0.2, 0.25) is 0 Å². The number of benzene rings is 4. The van der Waals surface area contributed by atoms with E-state index in [1.54, 1.807) is 0 Å². The van der Waals surface area contributed by atoms with E-state index in [0.29, 0.717) is 0 Å². The van der Waals surface area contributed by atoms with Crippen molar-refractivity contribution in [3.63, 3.8) is 0 Å². The summed E-state index contributed by atoms with van der Waals surface area (Å²) in [5.41, 5.74) is 5.07. The van der Waals surface area contributed by atoms with Crippen molar-refractivity contribution in [2.24, 2.45) is 0 Å². The molecule has 0 amide bonds. The maximum atomic E-state index is 2.41. The van der Waals surface area contributed by atoms with Crippen LogP contribution in [0.15, 0.2) is 91.0 Å². The molecule has 0 spiro atoms. The lowest BCUT2D eigenvalue weighted by molar-refractivity contribution is 1.56. The van der Waals surface area contributed by atoms with Gasteiger partial charge in [-0.15, -0.1) is 0 Å². The van der Waals surface area contributed by atoms with E-state index in [9.17, 15) is 0 Å². The summed E-state index contributed by atoms with van der Waals surface area (Å²) in [5.74, 6) is 0. The molecule has 4 aromatic carbocycles. The summed E-state index contributed by atoms with van der Waals surface area (Å²) in [4.78, 5) is 0. The first-order valence-electron chi connectivity index (χ1n) is 7.65. The van der Waals surface area contributed by atoms with E-state index in [2.05, 4.69) is 114 Å². The number of rotatable bonds is 2. The number of fused-ring (bicyclic) bond motifs is 1. The van der Waals surface area contributed by atoms with E-state index in [1.165, 1.54) is 36.6 Å². The van der Waals surface area contributed by atoms with Crippen molar-refractivity contribution in [1.82, 2.24) is 0 Å². The molecule has 0 bridgehead atoms. The fourth-order valence-corrected chi connectivity index (χ4v) is 3.56. The van der Waals surface area contributed by atoms with Crippen molar-refractivity contribution in [1.29, 1.82) is 0 Å². The Morgan fingerprint density at radius 2 is 1.13 bits per heavy atom. The van der Waals surface area contributed by atoms with Crippen LogP contribution in [-0.2, 0) is 0 Å². The minimum atomic E-state index is 1.26. The monoisotopic (exact) mass is 406 g/mol. The van der Waals surface area contributed by atoms with Gasteiger partial charge < -0.3 is 0 Å². The summed E-state index contributed by atoms with van der Waals surface area (Å²) < 4.78 is 1.28. The lowest BCUT2D eigenvalue weighted by atomic mass is 9.97. The molecule has 0 fully saturated rings. The number of hydrogen-bond donors (Lipinski definition) is 0. The minimum absolute atomic E-state index is 1.26. The number of halogens is 1. The smallest absolute Gasteiger partial charge is 0.0209 e. The molecule has 0 aliphatic rings. The molecular weight excluding hydrogens is 391 g/mol. The molecule has 0 atom stereocenters. The van der Waals surface area contributed by atoms with E-state index < -0.39 is 0 Å². The summed E-state index contributed by atoms with van der Waals surface area (Å²) in [5, 5.41) is 2.56. The minimum Gasteiger partial charge on any atom is -0.0622 e. The van der Waals surface area contributed by atoms with Crippen molar-refractivity contribution >= 4 is 33.4 Å². The molecule has 1 heteroatoms. The van der Waals surface area contributed by atoms with E-state index in [4.69, 9.17) is 0 Å². The second-order valence-electron chi connectivity index (χ2n) is 5.62. The Hall–Kier alpha value is -2.13. The van der Waals surface area contributed by atoms with Crippen LogP contribution in [0.25, 0.3) is 33.0 Å². The van der Waals surface area contributed by atoms with E-state index in [1.807, 2.05) is 0 Å². The zero-order valence-corrected chi connectivity index (χ0v) is 14.7. The third kappa shape index (κ3) is 2.89. The third-order valence-electron chi connectivity index (χ3n) is 4.13. The first-order valence-corrected chi connectivity index (χ1v) is 8.73. The average molecular weight is 406 g/mol. The normalized spacial score (nSPS) is 10.8. The molecule has 4 rings (SSSR count). The summed E-state index contributed by atoms with van der Waals surface area (Å²) in [6.07, 6.45) is 0. The van der Waals surface area contributed by atoms with Crippen molar-refractivity contribution in [2.45, 2.75) is 0 Å². The van der Waals surface area contributed by atoms with Crippen LogP contribution in [0.4, 0.5) is 0 Å². The molecule has 0 saturated heterocycles. The Kier molecular flexibility index (Phi) is 3.88. The fraction of sp³-hybridized carbons (Fsp3) is 0. The van der Waals surface area contributed by atoms with Crippen molar-refractivity contribution in [3.8, 4) is 22.3 Å². The molecule has 0 nitrogen and oxygen atoms in total. The topological polar surface area (TPSA) is 0 Å². The lowest BCUT2D eigenvalue weighted by Crippen LogP contribution is -1.86. The second kappa shape index (κ2) is 6.17. The highest BCUT2D eigenvalue weighted by atomic mass is 127. The zero-order chi connectivity index (χ0) is 15.6. The van der Waals surface area contributed by atoms with Crippen LogP contribution in [0.3, 0.4) is 0 Å². The Morgan fingerprint density at radius 1 is 0.478 bits per heavy atom. The maximum absolute atomic E-state index is 2.41. The maximum Gasteiger partial charge on any atom is 0.0209 e. The van der Waals surface area contributed by atoms with Gasteiger partial charge in [0.15, 0.2) is 0 Å². The quantitative estimate of drug-likeness (QED) is 0.322. The molecule has 0 saturated carbocycles. The van der Waals surface area contributed by atoms with Gasteiger partial charge in [0.2, 0.25) is 0 Å². The molecular formula is C22H15I. The van der Waals surface area contributed by atoms with Crippen LogP contribution < -0.4 is 0 Å². The molecule has 0 heterocycles. The summed E-state index contributed by atoms with van der Waals surface area (Å²) >= 11 is 2.41. The highest BCUT2D eigenvalue weighted by Crippen LogP contribution is 2.31. The largest absolute Gasteiger partial charge is 0.0622 e. The molecule has 0 radical (unpaired) electrons. The molecule has 0 N–H and O–H groups in total. The molecule has 0 aliphatic heterocycles. The van der Waals surface area contributed by atoms with Gasteiger partial charge in [-0.1, -0.05) is 72.8 Å². The van der Waals surface area contributed by atoms with E-state index >= 15 is 0 Å². The standard InChI is InChI=1S/C22H15I/c23-22-13-12-20(15-21(22)17-7-2-1-3-8-17)19-11-10-16-6-4-5-9-18(16)14-19/h1-15H. The summed E-state index contributed by atoms with van der Waals surface area (Å²) in [7, 11) is 0. The van der Waals surface area contributed by atoms with E-state index in [0.717, 1.165) is 0 Å². The van der Waals surface area contributed by atoms with Gasteiger partial charge in [0, 0.05) is 3.57 Å². The van der Waals surface area contributed by atoms with Gasteiger partial charge in [-0.2, -0.15) is 0 Å². The van der Waals surface area contributed by atoms with Gasteiger partial charge in [0.25, 0.3) is 0 Å². The Morgan fingerprint density at radius 3 is 1.96 bits per heavy atom. The SMILES string of the molecule is Ic1ccc(-c2ccc3ccccc3c2)cc1-c1ccccc1. The van der Waals surface area contributed by atoms with Gasteiger partial charge >= 0.3 is 0 Å². The predicted octanol–water partition coefficient (Wildman–Crippen LogP) is 6.78. The predicted molar refractivity (Wildman–Crippen MR) is 108 cm³/mol. The van der Waals surface area contributed by atoms with Crippen molar-refractivity contribution in [3.05, 3.63) is 94.6 Å². The van der Waals surface area contributed by atoms with Gasteiger partial charge in [-0.05, 0) is 73.8 Å².